The maximum Gasteiger partial charge on any atom is 0.163 e. The van der Waals surface area contributed by atoms with E-state index in [0.717, 1.165) is 18.4 Å². The second-order valence-corrected chi connectivity index (χ2v) is 4.05. The number of hydrogen-bond donors (Lipinski definition) is 0. The van der Waals surface area contributed by atoms with Crippen LogP contribution in [0.25, 0.3) is 0 Å². The quantitative estimate of drug-likeness (QED) is 0.706. The predicted octanol–water partition coefficient (Wildman–Crippen LogP) is 2.63. The number of ketones is 2. The maximum atomic E-state index is 11.8. The van der Waals surface area contributed by atoms with E-state index in [-0.39, 0.29) is 17.5 Å². The summed E-state index contributed by atoms with van der Waals surface area (Å²) in [5.41, 5.74) is 0.720. The van der Waals surface area contributed by atoms with E-state index in [1.165, 1.54) is 0 Å². The molecule has 0 heterocycles. The van der Waals surface area contributed by atoms with Gasteiger partial charge in [0, 0.05) is 24.3 Å². The number of rotatable bonds is 3. The van der Waals surface area contributed by atoms with E-state index in [1.807, 2.05) is 30.3 Å². The van der Waals surface area contributed by atoms with Crippen LogP contribution in [0.4, 0.5) is 0 Å². The lowest BCUT2D eigenvalue weighted by Gasteiger charge is -2.06. The Hall–Kier alpha value is -1.44. The fourth-order valence-electron chi connectivity index (χ4n) is 2.07. The summed E-state index contributed by atoms with van der Waals surface area (Å²) in [6.07, 6.45) is 2.89. The highest BCUT2D eigenvalue weighted by molar-refractivity contribution is 5.99. The first-order valence-electron chi connectivity index (χ1n) is 5.38. The van der Waals surface area contributed by atoms with E-state index in [9.17, 15) is 9.59 Å². The summed E-state index contributed by atoms with van der Waals surface area (Å²) < 4.78 is 0. The predicted molar refractivity (Wildman–Crippen MR) is 57.7 cm³/mol. The van der Waals surface area contributed by atoms with E-state index in [2.05, 4.69) is 0 Å². The van der Waals surface area contributed by atoms with Crippen LogP contribution in [0, 0.1) is 5.92 Å². The molecule has 0 spiro atoms. The van der Waals surface area contributed by atoms with Gasteiger partial charge in [-0.05, 0) is 12.8 Å². The Labute approximate surface area is 89.3 Å². The smallest absolute Gasteiger partial charge is 0.163 e. The zero-order valence-electron chi connectivity index (χ0n) is 8.61. The molecule has 1 aromatic rings. The van der Waals surface area contributed by atoms with Gasteiger partial charge in [0.25, 0.3) is 0 Å². The lowest BCUT2D eigenvalue weighted by molar-refractivity contribution is -0.120. The molecule has 0 aliphatic heterocycles. The van der Waals surface area contributed by atoms with Gasteiger partial charge < -0.3 is 0 Å². The summed E-state index contributed by atoms with van der Waals surface area (Å²) in [4.78, 5) is 23.2. The Morgan fingerprint density at radius 2 is 2.00 bits per heavy atom. The van der Waals surface area contributed by atoms with Crippen molar-refractivity contribution in [1.29, 1.82) is 0 Å². The zero-order valence-corrected chi connectivity index (χ0v) is 8.61. The zero-order chi connectivity index (χ0) is 10.7. The molecule has 78 valence electrons. The first-order chi connectivity index (χ1) is 7.27. The number of carbonyl (C=O) groups is 2. The largest absolute Gasteiger partial charge is 0.299 e. The van der Waals surface area contributed by atoms with Crippen molar-refractivity contribution in [2.24, 2.45) is 5.92 Å². The monoisotopic (exact) mass is 202 g/mol. The summed E-state index contributed by atoms with van der Waals surface area (Å²) in [5.74, 6) is 0.341. The van der Waals surface area contributed by atoms with Crippen LogP contribution >= 0.6 is 0 Å². The second kappa shape index (κ2) is 4.39. The third kappa shape index (κ3) is 2.32. The van der Waals surface area contributed by atoms with Crippen LogP contribution < -0.4 is 0 Å². The van der Waals surface area contributed by atoms with Crippen molar-refractivity contribution >= 4 is 11.6 Å². The first-order valence-corrected chi connectivity index (χ1v) is 5.38. The SMILES string of the molecule is O=C(C[C@@H]1CCCC1=O)c1ccccc1. The molecule has 1 aliphatic rings. The van der Waals surface area contributed by atoms with Crippen molar-refractivity contribution in [3.8, 4) is 0 Å². The lowest BCUT2D eigenvalue weighted by atomic mass is 9.96. The Bertz CT molecular complexity index is 367. The van der Waals surface area contributed by atoms with E-state index >= 15 is 0 Å². The average molecular weight is 202 g/mol. The molecule has 1 aliphatic carbocycles. The highest BCUT2D eigenvalue weighted by atomic mass is 16.1. The standard InChI is InChI=1S/C13H14O2/c14-12-8-4-7-11(12)9-13(15)10-5-2-1-3-6-10/h1-3,5-6,11H,4,7-9H2/t11-/m0/s1. The van der Waals surface area contributed by atoms with Gasteiger partial charge >= 0.3 is 0 Å². The minimum Gasteiger partial charge on any atom is -0.299 e. The van der Waals surface area contributed by atoms with Crippen LogP contribution in [-0.4, -0.2) is 11.6 Å². The van der Waals surface area contributed by atoms with Crippen LogP contribution in [0.2, 0.25) is 0 Å². The summed E-state index contributed by atoms with van der Waals surface area (Å²) in [6, 6.07) is 9.20. The summed E-state index contributed by atoms with van der Waals surface area (Å²) >= 11 is 0. The molecule has 0 bridgehead atoms. The maximum absolute atomic E-state index is 11.8. The average Bonchev–Trinajstić information content (AvgIpc) is 2.66. The van der Waals surface area contributed by atoms with E-state index < -0.39 is 0 Å². The Kier molecular flexibility index (Phi) is 2.95. The van der Waals surface area contributed by atoms with Crippen molar-refractivity contribution in [3.05, 3.63) is 35.9 Å². The lowest BCUT2D eigenvalue weighted by Crippen LogP contribution is -2.12. The molecule has 1 fully saturated rings. The summed E-state index contributed by atoms with van der Waals surface area (Å²) in [5, 5.41) is 0. The van der Waals surface area contributed by atoms with Crippen LogP contribution in [0.3, 0.4) is 0 Å². The topological polar surface area (TPSA) is 34.1 Å². The van der Waals surface area contributed by atoms with Crippen molar-refractivity contribution in [3.63, 3.8) is 0 Å². The third-order valence-corrected chi connectivity index (χ3v) is 2.96. The fourth-order valence-corrected chi connectivity index (χ4v) is 2.07. The summed E-state index contributed by atoms with van der Waals surface area (Å²) in [6.45, 7) is 0. The molecular weight excluding hydrogens is 188 g/mol. The number of hydrogen-bond acceptors (Lipinski definition) is 2. The molecule has 15 heavy (non-hydrogen) atoms. The molecule has 1 aromatic carbocycles. The highest BCUT2D eigenvalue weighted by Crippen LogP contribution is 2.25. The van der Waals surface area contributed by atoms with Crippen molar-refractivity contribution in [2.45, 2.75) is 25.7 Å². The fraction of sp³-hybridized carbons (Fsp3) is 0.385. The third-order valence-electron chi connectivity index (χ3n) is 2.96. The van der Waals surface area contributed by atoms with Crippen molar-refractivity contribution < 1.29 is 9.59 Å². The summed E-state index contributed by atoms with van der Waals surface area (Å²) in [7, 11) is 0. The van der Waals surface area contributed by atoms with E-state index in [1.54, 1.807) is 0 Å². The van der Waals surface area contributed by atoms with Crippen molar-refractivity contribution in [1.82, 2.24) is 0 Å². The van der Waals surface area contributed by atoms with Crippen LogP contribution in [0.15, 0.2) is 30.3 Å². The molecule has 1 atom stereocenters. The van der Waals surface area contributed by atoms with Gasteiger partial charge in [0.05, 0.1) is 0 Å². The Morgan fingerprint density at radius 1 is 1.27 bits per heavy atom. The van der Waals surface area contributed by atoms with Gasteiger partial charge in [0.15, 0.2) is 5.78 Å². The number of benzene rings is 1. The Morgan fingerprint density at radius 3 is 2.60 bits per heavy atom. The first kappa shape index (κ1) is 10.1. The molecule has 2 nitrogen and oxygen atoms in total. The van der Waals surface area contributed by atoms with Crippen LogP contribution in [-0.2, 0) is 4.79 Å². The van der Waals surface area contributed by atoms with Gasteiger partial charge in [0.2, 0.25) is 0 Å². The normalized spacial score (nSPS) is 20.5. The van der Waals surface area contributed by atoms with Crippen LogP contribution in [0.1, 0.15) is 36.0 Å². The molecule has 0 saturated heterocycles. The van der Waals surface area contributed by atoms with Gasteiger partial charge in [-0.25, -0.2) is 0 Å². The molecule has 0 unspecified atom stereocenters. The van der Waals surface area contributed by atoms with Gasteiger partial charge in [-0.2, -0.15) is 0 Å². The molecule has 1 saturated carbocycles. The molecule has 0 radical (unpaired) electrons. The molecule has 0 N–H and O–H groups in total. The molecular formula is C13H14O2. The van der Waals surface area contributed by atoms with Gasteiger partial charge in [-0.1, -0.05) is 30.3 Å². The van der Waals surface area contributed by atoms with Crippen molar-refractivity contribution in [2.75, 3.05) is 0 Å². The molecule has 2 rings (SSSR count). The molecule has 0 aromatic heterocycles. The Balaban J connectivity index is 2.01. The number of carbonyl (C=O) groups excluding carboxylic acids is 2. The minimum absolute atomic E-state index is 0.0160. The van der Waals surface area contributed by atoms with Crippen LogP contribution in [0.5, 0.6) is 0 Å². The van der Waals surface area contributed by atoms with Gasteiger partial charge in [-0.15, -0.1) is 0 Å². The minimum atomic E-state index is -0.0160. The van der Waals surface area contributed by atoms with Gasteiger partial charge in [-0.3, -0.25) is 9.59 Å². The second-order valence-electron chi connectivity index (χ2n) is 4.05. The molecule has 2 heteroatoms. The molecule has 0 amide bonds. The highest BCUT2D eigenvalue weighted by Gasteiger charge is 2.26. The van der Waals surface area contributed by atoms with E-state index in [0.29, 0.717) is 12.8 Å². The number of Topliss-reactive ketones (excluding diaryl/α,β-unsaturated/α-hetero) is 2. The van der Waals surface area contributed by atoms with E-state index in [4.69, 9.17) is 0 Å². The van der Waals surface area contributed by atoms with Gasteiger partial charge in [0.1, 0.15) is 5.78 Å².